The maximum absolute atomic E-state index is 13.0. The molecule has 0 spiro atoms. The monoisotopic (exact) mass is 430 g/mol. The Balaban J connectivity index is 2.19. The van der Waals surface area contributed by atoms with Crippen molar-refractivity contribution in [3.8, 4) is 0 Å². The Morgan fingerprint density at radius 3 is 2.37 bits per heavy atom. The van der Waals surface area contributed by atoms with Gasteiger partial charge in [0.25, 0.3) is 15.9 Å². The van der Waals surface area contributed by atoms with Gasteiger partial charge in [-0.3, -0.25) is 9.52 Å². The predicted molar refractivity (Wildman–Crippen MR) is 124 cm³/mol. The Bertz CT molecular complexity index is 984. The molecule has 0 saturated heterocycles. The van der Waals surface area contributed by atoms with E-state index in [4.69, 9.17) is 0 Å². The molecule has 0 aliphatic heterocycles. The molecule has 5 nitrogen and oxygen atoms in total. The van der Waals surface area contributed by atoms with Gasteiger partial charge in [0, 0.05) is 12.1 Å². The van der Waals surface area contributed by atoms with Gasteiger partial charge in [-0.15, -0.1) is 0 Å². The Kier molecular flexibility index (Phi) is 8.47. The van der Waals surface area contributed by atoms with E-state index in [1.165, 1.54) is 6.07 Å². The predicted octanol–water partition coefficient (Wildman–Crippen LogP) is 5.36. The standard InChI is InChI=1S/C24H34N2O3S/c1-6-8-9-20(7-2)16-25-24(27)21-12-11-18(4)23(15-21)30(28,29)26-22-13-10-17(3)14-19(22)5/h10-15,20,26H,6-9,16H2,1-5H3,(H,25,27)/t20-/m1/s1. The molecular formula is C24H34N2O3S. The largest absolute Gasteiger partial charge is 0.352 e. The summed E-state index contributed by atoms with van der Waals surface area (Å²) >= 11 is 0. The topological polar surface area (TPSA) is 75.3 Å². The molecular weight excluding hydrogens is 396 g/mol. The van der Waals surface area contributed by atoms with Crippen LogP contribution in [0.4, 0.5) is 5.69 Å². The summed E-state index contributed by atoms with van der Waals surface area (Å²) in [6.45, 7) is 10.4. The zero-order valence-corrected chi connectivity index (χ0v) is 19.5. The third-order valence-electron chi connectivity index (χ3n) is 5.46. The Morgan fingerprint density at radius 2 is 1.73 bits per heavy atom. The number of amides is 1. The van der Waals surface area contributed by atoms with E-state index in [9.17, 15) is 13.2 Å². The van der Waals surface area contributed by atoms with Gasteiger partial charge in [0.2, 0.25) is 0 Å². The molecule has 0 aromatic heterocycles. The SMILES string of the molecule is CCCC[C@@H](CC)CNC(=O)c1ccc(C)c(S(=O)(=O)Nc2ccc(C)cc2C)c1. The maximum Gasteiger partial charge on any atom is 0.262 e. The number of unbranched alkanes of at least 4 members (excludes halogenated alkanes) is 1. The number of anilines is 1. The van der Waals surface area contributed by atoms with E-state index in [0.717, 1.165) is 36.8 Å². The zero-order valence-electron chi connectivity index (χ0n) is 18.7. The number of carbonyl (C=O) groups is 1. The quantitative estimate of drug-likeness (QED) is 0.533. The van der Waals surface area contributed by atoms with Crippen LogP contribution >= 0.6 is 0 Å². The van der Waals surface area contributed by atoms with E-state index in [1.807, 2.05) is 26.0 Å². The van der Waals surface area contributed by atoms with E-state index in [-0.39, 0.29) is 10.8 Å². The first-order chi connectivity index (χ1) is 14.2. The summed E-state index contributed by atoms with van der Waals surface area (Å²) < 4.78 is 28.7. The van der Waals surface area contributed by atoms with Crippen molar-refractivity contribution in [1.82, 2.24) is 5.32 Å². The van der Waals surface area contributed by atoms with Crippen LogP contribution in [0.1, 0.15) is 66.6 Å². The summed E-state index contributed by atoms with van der Waals surface area (Å²) in [6, 6.07) is 10.4. The van der Waals surface area contributed by atoms with Crippen LogP contribution in [0.3, 0.4) is 0 Å². The number of benzene rings is 2. The first-order valence-corrected chi connectivity index (χ1v) is 12.1. The van der Waals surface area contributed by atoms with Crippen LogP contribution in [0, 0.1) is 26.7 Å². The summed E-state index contributed by atoms with van der Waals surface area (Å²) in [5.41, 5.74) is 3.40. The third kappa shape index (κ3) is 6.33. The molecule has 0 radical (unpaired) electrons. The molecule has 2 rings (SSSR count). The van der Waals surface area contributed by atoms with Crippen LogP contribution in [0.25, 0.3) is 0 Å². The summed E-state index contributed by atoms with van der Waals surface area (Å²) in [5, 5.41) is 2.97. The van der Waals surface area contributed by atoms with Crippen molar-refractivity contribution < 1.29 is 13.2 Å². The molecule has 1 atom stereocenters. The van der Waals surface area contributed by atoms with Gasteiger partial charge in [-0.25, -0.2) is 8.42 Å². The van der Waals surface area contributed by atoms with Crippen LogP contribution in [-0.2, 0) is 10.0 Å². The fourth-order valence-corrected chi connectivity index (χ4v) is 4.84. The minimum absolute atomic E-state index is 0.119. The van der Waals surface area contributed by atoms with Crippen molar-refractivity contribution >= 4 is 21.6 Å². The highest BCUT2D eigenvalue weighted by Crippen LogP contribution is 2.23. The second-order valence-electron chi connectivity index (χ2n) is 8.03. The molecule has 0 bridgehead atoms. The zero-order chi connectivity index (χ0) is 22.3. The molecule has 6 heteroatoms. The molecule has 0 aliphatic rings. The lowest BCUT2D eigenvalue weighted by molar-refractivity contribution is 0.0945. The minimum atomic E-state index is -3.81. The summed E-state index contributed by atoms with van der Waals surface area (Å²) in [7, 11) is -3.81. The lowest BCUT2D eigenvalue weighted by Crippen LogP contribution is -2.29. The Labute approximate surface area is 181 Å². The number of sulfonamides is 1. The second kappa shape index (κ2) is 10.6. The lowest BCUT2D eigenvalue weighted by Gasteiger charge is -2.16. The van der Waals surface area contributed by atoms with E-state index in [2.05, 4.69) is 23.9 Å². The first kappa shape index (κ1) is 23.9. The number of nitrogens with one attached hydrogen (secondary N) is 2. The number of aryl methyl sites for hydroxylation is 3. The van der Waals surface area contributed by atoms with Crippen LogP contribution in [0.15, 0.2) is 41.3 Å². The first-order valence-electron chi connectivity index (χ1n) is 10.7. The number of hydrogen-bond donors (Lipinski definition) is 2. The third-order valence-corrected chi connectivity index (χ3v) is 6.97. The minimum Gasteiger partial charge on any atom is -0.352 e. The highest BCUT2D eigenvalue weighted by atomic mass is 32.2. The van der Waals surface area contributed by atoms with Crippen LogP contribution in [0.2, 0.25) is 0 Å². The van der Waals surface area contributed by atoms with Crippen molar-refractivity contribution in [2.24, 2.45) is 5.92 Å². The summed E-state index contributed by atoms with van der Waals surface area (Å²) in [5.74, 6) is 0.196. The van der Waals surface area contributed by atoms with Crippen LogP contribution < -0.4 is 10.0 Å². The van der Waals surface area contributed by atoms with E-state index in [1.54, 1.807) is 25.1 Å². The Morgan fingerprint density at radius 1 is 1.00 bits per heavy atom. The molecule has 2 aromatic carbocycles. The van der Waals surface area contributed by atoms with Gasteiger partial charge in [0.15, 0.2) is 0 Å². The highest BCUT2D eigenvalue weighted by Gasteiger charge is 2.20. The van der Waals surface area contributed by atoms with E-state index < -0.39 is 10.0 Å². The molecule has 0 aliphatic carbocycles. The molecule has 0 saturated carbocycles. The van der Waals surface area contributed by atoms with Crippen molar-refractivity contribution in [1.29, 1.82) is 0 Å². The molecule has 0 unspecified atom stereocenters. The van der Waals surface area contributed by atoms with E-state index in [0.29, 0.717) is 29.3 Å². The fourth-order valence-electron chi connectivity index (χ4n) is 3.44. The number of rotatable bonds is 10. The molecule has 0 heterocycles. The number of hydrogen-bond acceptors (Lipinski definition) is 3. The molecule has 0 fully saturated rings. The normalized spacial score (nSPS) is 12.4. The van der Waals surface area contributed by atoms with Crippen molar-refractivity contribution in [2.45, 2.75) is 65.2 Å². The average molecular weight is 431 g/mol. The van der Waals surface area contributed by atoms with Gasteiger partial charge in [-0.2, -0.15) is 0 Å². The lowest BCUT2D eigenvalue weighted by atomic mass is 9.99. The van der Waals surface area contributed by atoms with Gasteiger partial charge in [0.1, 0.15) is 0 Å². The van der Waals surface area contributed by atoms with Gasteiger partial charge in [-0.05, 0) is 62.4 Å². The fraction of sp³-hybridized carbons (Fsp3) is 0.458. The summed E-state index contributed by atoms with van der Waals surface area (Å²) in [6.07, 6.45) is 4.37. The van der Waals surface area contributed by atoms with Crippen molar-refractivity contribution in [3.63, 3.8) is 0 Å². The van der Waals surface area contributed by atoms with Gasteiger partial charge in [0.05, 0.1) is 10.6 Å². The highest BCUT2D eigenvalue weighted by molar-refractivity contribution is 7.92. The molecule has 2 aromatic rings. The summed E-state index contributed by atoms with van der Waals surface area (Å²) in [4.78, 5) is 12.8. The van der Waals surface area contributed by atoms with Gasteiger partial charge >= 0.3 is 0 Å². The molecule has 30 heavy (non-hydrogen) atoms. The van der Waals surface area contributed by atoms with Crippen molar-refractivity contribution in [2.75, 3.05) is 11.3 Å². The average Bonchev–Trinajstić information content (AvgIpc) is 2.70. The number of carbonyl (C=O) groups excluding carboxylic acids is 1. The smallest absolute Gasteiger partial charge is 0.262 e. The van der Waals surface area contributed by atoms with Crippen molar-refractivity contribution in [3.05, 3.63) is 58.7 Å². The van der Waals surface area contributed by atoms with Crippen LogP contribution in [0.5, 0.6) is 0 Å². The molecule has 164 valence electrons. The second-order valence-corrected chi connectivity index (χ2v) is 9.68. The Hall–Kier alpha value is -2.34. The van der Waals surface area contributed by atoms with Gasteiger partial charge in [-0.1, -0.05) is 56.9 Å². The molecule has 2 N–H and O–H groups in total. The molecule has 1 amide bonds. The van der Waals surface area contributed by atoms with E-state index >= 15 is 0 Å². The van der Waals surface area contributed by atoms with Gasteiger partial charge < -0.3 is 5.32 Å². The van der Waals surface area contributed by atoms with Crippen LogP contribution in [-0.4, -0.2) is 20.9 Å². The maximum atomic E-state index is 13.0.